The summed E-state index contributed by atoms with van der Waals surface area (Å²) >= 11 is 3.32. The lowest BCUT2D eigenvalue weighted by Crippen LogP contribution is -2.04. The van der Waals surface area contributed by atoms with Gasteiger partial charge in [-0.3, -0.25) is 0 Å². The number of benzene rings is 2. The van der Waals surface area contributed by atoms with E-state index < -0.39 is 0 Å². The zero-order chi connectivity index (χ0) is 14.4. The van der Waals surface area contributed by atoms with Crippen LogP contribution in [0.2, 0.25) is 0 Å². The molecule has 0 amide bonds. The van der Waals surface area contributed by atoms with Crippen LogP contribution >= 0.6 is 15.9 Å². The molecule has 20 heavy (non-hydrogen) atoms. The molecule has 0 aliphatic rings. The standard InChI is InChI=1S/C16H18BrNO2/c1-2-20-11-13-6-3-4-9-15(13)18-10-12-7-5-8-14(17)16(12)19/h3-9,18-19H,2,10-11H2,1H3. The maximum Gasteiger partial charge on any atom is 0.134 e. The van der Waals surface area contributed by atoms with E-state index in [9.17, 15) is 5.11 Å². The predicted molar refractivity (Wildman–Crippen MR) is 84.9 cm³/mol. The number of aromatic hydroxyl groups is 1. The van der Waals surface area contributed by atoms with Crippen molar-refractivity contribution in [3.63, 3.8) is 0 Å². The molecule has 0 aliphatic carbocycles. The SMILES string of the molecule is CCOCc1ccccc1NCc1cccc(Br)c1O. The molecule has 2 N–H and O–H groups in total. The van der Waals surface area contributed by atoms with E-state index in [0.717, 1.165) is 16.8 Å². The number of nitrogens with one attached hydrogen (secondary N) is 1. The van der Waals surface area contributed by atoms with Gasteiger partial charge in [0.05, 0.1) is 11.1 Å². The molecule has 2 aromatic carbocycles. The van der Waals surface area contributed by atoms with Crippen molar-refractivity contribution in [2.45, 2.75) is 20.1 Å². The van der Waals surface area contributed by atoms with Crippen LogP contribution in [0.25, 0.3) is 0 Å². The van der Waals surface area contributed by atoms with Gasteiger partial charge in [0.2, 0.25) is 0 Å². The molecule has 0 aliphatic heterocycles. The maximum absolute atomic E-state index is 9.97. The molecule has 4 heteroatoms. The first kappa shape index (κ1) is 14.9. The number of phenols is 1. The highest BCUT2D eigenvalue weighted by atomic mass is 79.9. The van der Waals surface area contributed by atoms with Gasteiger partial charge < -0.3 is 15.2 Å². The second-order valence-electron chi connectivity index (χ2n) is 4.40. The predicted octanol–water partition coefficient (Wildman–Crippen LogP) is 4.30. The van der Waals surface area contributed by atoms with Crippen LogP contribution in [0.4, 0.5) is 5.69 Å². The van der Waals surface area contributed by atoms with Crippen LogP contribution in [-0.2, 0) is 17.9 Å². The van der Waals surface area contributed by atoms with Crippen molar-refractivity contribution < 1.29 is 9.84 Å². The highest BCUT2D eigenvalue weighted by molar-refractivity contribution is 9.10. The summed E-state index contributed by atoms with van der Waals surface area (Å²) in [6.45, 7) is 3.83. The molecule has 0 atom stereocenters. The summed E-state index contributed by atoms with van der Waals surface area (Å²) in [5, 5.41) is 13.3. The van der Waals surface area contributed by atoms with E-state index in [1.807, 2.05) is 49.4 Å². The van der Waals surface area contributed by atoms with Gasteiger partial charge in [0.15, 0.2) is 0 Å². The molecule has 2 aromatic rings. The zero-order valence-corrected chi connectivity index (χ0v) is 13.0. The smallest absolute Gasteiger partial charge is 0.134 e. The minimum Gasteiger partial charge on any atom is -0.506 e. The van der Waals surface area contributed by atoms with E-state index in [1.165, 1.54) is 0 Å². The van der Waals surface area contributed by atoms with Crippen LogP contribution in [0.3, 0.4) is 0 Å². The number of halogens is 1. The highest BCUT2D eigenvalue weighted by Crippen LogP contribution is 2.28. The average molecular weight is 336 g/mol. The second kappa shape index (κ2) is 7.31. The summed E-state index contributed by atoms with van der Waals surface area (Å²) in [5.74, 6) is 0.280. The van der Waals surface area contributed by atoms with E-state index in [2.05, 4.69) is 21.2 Å². The number of phenolic OH excluding ortho intramolecular Hbond substituents is 1. The lowest BCUT2D eigenvalue weighted by Gasteiger charge is -2.13. The van der Waals surface area contributed by atoms with Gasteiger partial charge in [-0.2, -0.15) is 0 Å². The first-order valence-electron chi connectivity index (χ1n) is 6.58. The molecular formula is C16H18BrNO2. The van der Waals surface area contributed by atoms with Crippen LogP contribution in [0.15, 0.2) is 46.9 Å². The summed E-state index contributed by atoms with van der Waals surface area (Å²) in [4.78, 5) is 0. The lowest BCUT2D eigenvalue weighted by atomic mass is 10.1. The largest absolute Gasteiger partial charge is 0.506 e. The fourth-order valence-electron chi connectivity index (χ4n) is 1.92. The van der Waals surface area contributed by atoms with Crippen molar-refractivity contribution in [1.82, 2.24) is 0 Å². The Labute approximate surface area is 127 Å². The van der Waals surface area contributed by atoms with Gasteiger partial charge in [-0.1, -0.05) is 30.3 Å². The molecule has 0 radical (unpaired) electrons. The number of hydrogen-bond acceptors (Lipinski definition) is 3. The van der Waals surface area contributed by atoms with Gasteiger partial charge in [-0.05, 0) is 35.0 Å². The monoisotopic (exact) mass is 335 g/mol. The van der Waals surface area contributed by atoms with Crippen molar-refractivity contribution >= 4 is 21.6 Å². The molecule has 106 valence electrons. The first-order chi connectivity index (χ1) is 9.72. The molecule has 3 nitrogen and oxygen atoms in total. The molecular weight excluding hydrogens is 318 g/mol. The van der Waals surface area contributed by atoms with Crippen LogP contribution < -0.4 is 5.32 Å². The fourth-order valence-corrected chi connectivity index (χ4v) is 2.33. The van der Waals surface area contributed by atoms with Gasteiger partial charge in [0.25, 0.3) is 0 Å². The number of anilines is 1. The number of ether oxygens (including phenoxy) is 1. The Morgan fingerprint density at radius 2 is 1.85 bits per heavy atom. The Kier molecular flexibility index (Phi) is 5.44. The highest BCUT2D eigenvalue weighted by Gasteiger charge is 2.06. The normalized spacial score (nSPS) is 10.5. The van der Waals surface area contributed by atoms with Crippen molar-refractivity contribution in [1.29, 1.82) is 0 Å². The van der Waals surface area contributed by atoms with Crippen LogP contribution in [0.1, 0.15) is 18.1 Å². The number of para-hydroxylation sites is 2. The van der Waals surface area contributed by atoms with Gasteiger partial charge in [-0.15, -0.1) is 0 Å². The molecule has 0 saturated heterocycles. The Balaban J connectivity index is 2.09. The van der Waals surface area contributed by atoms with Crippen LogP contribution in [0.5, 0.6) is 5.75 Å². The fraction of sp³-hybridized carbons (Fsp3) is 0.250. The van der Waals surface area contributed by atoms with E-state index in [0.29, 0.717) is 24.2 Å². The summed E-state index contributed by atoms with van der Waals surface area (Å²) in [6.07, 6.45) is 0. The van der Waals surface area contributed by atoms with Crippen molar-refractivity contribution in [2.24, 2.45) is 0 Å². The third kappa shape index (κ3) is 3.74. The molecule has 0 unspecified atom stereocenters. The Morgan fingerprint density at radius 1 is 1.10 bits per heavy atom. The second-order valence-corrected chi connectivity index (χ2v) is 5.25. The van der Waals surface area contributed by atoms with Crippen LogP contribution in [-0.4, -0.2) is 11.7 Å². The Morgan fingerprint density at radius 3 is 2.65 bits per heavy atom. The maximum atomic E-state index is 9.97. The average Bonchev–Trinajstić information content (AvgIpc) is 2.47. The van der Waals surface area contributed by atoms with Gasteiger partial charge in [0, 0.05) is 30.0 Å². The van der Waals surface area contributed by atoms with Crippen molar-refractivity contribution in [3.8, 4) is 5.75 Å². The van der Waals surface area contributed by atoms with E-state index >= 15 is 0 Å². The molecule has 0 bridgehead atoms. The van der Waals surface area contributed by atoms with Crippen molar-refractivity contribution in [2.75, 3.05) is 11.9 Å². The summed E-state index contributed by atoms with van der Waals surface area (Å²) in [5.41, 5.74) is 3.00. The van der Waals surface area contributed by atoms with E-state index in [-0.39, 0.29) is 5.75 Å². The molecule has 0 spiro atoms. The lowest BCUT2D eigenvalue weighted by molar-refractivity contribution is 0.134. The first-order valence-corrected chi connectivity index (χ1v) is 7.37. The third-order valence-electron chi connectivity index (χ3n) is 3.02. The summed E-state index contributed by atoms with van der Waals surface area (Å²) in [6, 6.07) is 13.7. The Hall–Kier alpha value is -1.52. The number of rotatable bonds is 6. The molecule has 0 heterocycles. The zero-order valence-electron chi connectivity index (χ0n) is 11.4. The van der Waals surface area contributed by atoms with Crippen molar-refractivity contribution in [3.05, 3.63) is 58.1 Å². The summed E-state index contributed by atoms with van der Waals surface area (Å²) < 4.78 is 6.17. The topological polar surface area (TPSA) is 41.5 Å². The van der Waals surface area contributed by atoms with E-state index in [1.54, 1.807) is 0 Å². The van der Waals surface area contributed by atoms with E-state index in [4.69, 9.17) is 4.74 Å². The van der Waals surface area contributed by atoms with Gasteiger partial charge in [-0.25, -0.2) is 0 Å². The third-order valence-corrected chi connectivity index (χ3v) is 3.66. The molecule has 0 fully saturated rings. The number of hydrogen-bond donors (Lipinski definition) is 2. The summed E-state index contributed by atoms with van der Waals surface area (Å²) in [7, 11) is 0. The quantitative estimate of drug-likeness (QED) is 0.826. The molecule has 0 saturated carbocycles. The Bertz CT molecular complexity index is 572. The van der Waals surface area contributed by atoms with Crippen LogP contribution in [0, 0.1) is 0 Å². The molecule has 0 aromatic heterocycles. The minimum atomic E-state index is 0.280. The minimum absolute atomic E-state index is 0.280. The molecule has 2 rings (SSSR count). The van der Waals surface area contributed by atoms with Gasteiger partial charge >= 0.3 is 0 Å². The van der Waals surface area contributed by atoms with Gasteiger partial charge in [0.1, 0.15) is 5.75 Å².